The molecule has 2 heterocycles. The number of carbonyl (C=O) groups is 2. The van der Waals surface area contributed by atoms with Gasteiger partial charge in [-0.2, -0.15) is 0 Å². The minimum atomic E-state index is -0.403. The fourth-order valence-corrected chi connectivity index (χ4v) is 6.08. The fraction of sp³-hybridized carbons (Fsp3) is 0.545. The molecule has 0 aromatic heterocycles. The SMILES string of the molecule is CC1CC(C)CN(c2ccc(N3C(=O)C4C5C=CC(C5)C4C3=O)cc2[N+](=O)[O-])C1. The Balaban J connectivity index is 1.49. The van der Waals surface area contributed by atoms with Gasteiger partial charge in [-0.15, -0.1) is 0 Å². The van der Waals surface area contributed by atoms with Crippen molar-refractivity contribution in [2.75, 3.05) is 22.9 Å². The summed E-state index contributed by atoms with van der Waals surface area (Å²) in [6, 6.07) is 4.81. The lowest BCUT2D eigenvalue weighted by atomic mass is 9.85. The molecule has 2 aliphatic heterocycles. The molecule has 152 valence electrons. The minimum absolute atomic E-state index is 0.0393. The van der Waals surface area contributed by atoms with Crippen LogP contribution in [0, 0.1) is 45.6 Å². The molecule has 3 fully saturated rings. The Morgan fingerprint density at radius 2 is 1.55 bits per heavy atom. The third-order valence-corrected chi connectivity index (χ3v) is 7.09. The summed E-state index contributed by atoms with van der Waals surface area (Å²) in [4.78, 5) is 40.8. The van der Waals surface area contributed by atoms with Crippen LogP contribution < -0.4 is 9.80 Å². The van der Waals surface area contributed by atoms with Crippen LogP contribution in [-0.4, -0.2) is 29.8 Å². The van der Waals surface area contributed by atoms with Crippen LogP contribution in [0.25, 0.3) is 0 Å². The summed E-state index contributed by atoms with van der Waals surface area (Å²) in [5.74, 6) is 0.136. The molecule has 7 heteroatoms. The molecule has 0 radical (unpaired) electrons. The van der Waals surface area contributed by atoms with E-state index in [2.05, 4.69) is 18.7 Å². The number of nitro benzene ring substituents is 1. The Morgan fingerprint density at radius 1 is 0.966 bits per heavy atom. The number of anilines is 2. The maximum absolute atomic E-state index is 13.0. The molecular weight excluding hydrogens is 370 g/mol. The number of hydrogen-bond donors (Lipinski definition) is 0. The average Bonchev–Trinajstić information content (AvgIpc) is 3.34. The van der Waals surface area contributed by atoms with Gasteiger partial charge in [0.2, 0.25) is 11.8 Å². The van der Waals surface area contributed by atoms with Crippen LogP contribution in [0.5, 0.6) is 0 Å². The predicted octanol–water partition coefficient (Wildman–Crippen LogP) is 3.39. The molecule has 1 saturated carbocycles. The number of amides is 2. The van der Waals surface area contributed by atoms with E-state index in [1.165, 1.54) is 11.0 Å². The zero-order chi connectivity index (χ0) is 20.4. The molecule has 2 amide bonds. The number of benzene rings is 1. The third kappa shape index (κ3) is 2.70. The number of hydrogen-bond acceptors (Lipinski definition) is 5. The topological polar surface area (TPSA) is 83.8 Å². The van der Waals surface area contributed by atoms with Crippen molar-refractivity contribution in [2.24, 2.45) is 35.5 Å². The van der Waals surface area contributed by atoms with Crippen LogP contribution in [-0.2, 0) is 9.59 Å². The van der Waals surface area contributed by atoms with Gasteiger partial charge in [0, 0.05) is 19.2 Å². The Kier molecular flexibility index (Phi) is 4.05. The second-order valence-corrected chi connectivity index (χ2v) is 9.29. The number of carbonyl (C=O) groups excluding carboxylic acids is 2. The minimum Gasteiger partial charge on any atom is -0.365 e. The lowest BCUT2D eigenvalue weighted by Crippen LogP contribution is -2.39. The van der Waals surface area contributed by atoms with E-state index in [9.17, 15) is 19.7 Å². The maximum Gasteiger partial charge on any atom is 0.294 e. The van der Waals surface area contributed by atoms with Gasteiger partial charge in [-0.3, -0.25) is 19.7 Å². The van der Waals surface area contributed by atoms with E-state index in [0.717, 1.165) is 25.9 Å². The fourth-order valence-electron chi connectivity index (χ4n) is 6.08. The summed E-state index contributed by atoms with van der Waals surface area (Å²) in [5.41, 5.74) is 0.850. The van der Waals surface area contributed by atoms with Crippen molar-refractivity contribution in [1.82, 2.24) is 0 Å². The molecule has 6 unspecified atom stereocenters. The summed E-state index contributed by atoms with van der Waals surface area (Å²) in [6.45, 7) is 5.85. The van der Waals surface area contributed by atoms with Crippen LogP contribution in [0.2, 0.25) is 0 Å². The first-order valence-corrected chi connectivity index (χ1v) is 10.4. The summed E-state index contributed by atoms with van der Waals surface area (Å²) in [5, 5.41) is 11.8. The number of fused-ring (bicyclic) bond motifs is 5. The van der Waals surface area contributed by atoms with Gasteiger partial charge in [-0.05, 0) is 48.6 Å². The summed E-state index contributed by atoms with van der Waals surface area (Å²) in [7, 11) is 0. The van der Waals surface area contributed by atoms with Crippen LogP contribution in [0.1, 0.15) is 26.7 Å². The summed E-state index contributed by atoms with van der Waals surface area (Å²) in [6.07, 6.45) is 6.07. The van der Waals surface area contributed by atoms with Crippen molar-refractivity contribution in [3.05, 3.63) is 40.5 Å². The van der Waals surface area contributed by atoms with Crippen molar-refractivity contribution in [2.45, 2.75) is 26.7 Å². The molecule has 7 nitrogen and oxygen atoms in total. The number of allylic oxidation sites excluding steroid dienone is 2. The Labute approximate surface area is 169 Å². The standard InChI is InChI=1S/C22H25N3O4/c1-12-7-13(2)11-23(10-12)17-6-5-16(9-18(17)25(28)29)24-21(26)19-14-3-4-15(8-14)20(19)22(24)27/h3-6,9,12-15,19-20H,7-8,10-11H2,1-2H3. The third-order valence-electron chi connectivity index (χ3n) is 7.09. The van der Waals surface area contributed by atoms with Crippen molar-refractivity contribution < 1.29 is 14.5 Å². The molecule has 1 aromatic rings. The molecule has 2 saturated heterocycles. The van der Waals surface area contributed by atoms with Crippen molar-refractivity contribution in [3.63, 3.8) is 0 Å². The van der Waals surface area contributed by atoms with Gasteiger partial charge >= 0.3 is 0 Å². The van der Waals surface area contributed by atoms with Gasteiger partial charge in [0.25, 0.3) is 5.69 Å². The van der Waals surface area contributed by atoms with Gasteiger partial charge in [-0.25, -0.2) is 4.90 Å². The van der Waals surface area contributed by atoms with E-state index >= 15 is 0 Å². The molecule has 5 rings (SSSR count). The molecule has 0 spiro atoms. The molecule has 2 aliphatic carbocycles. The van der Waals surface area contributed by atoms with Crippen molar-refractivity contribution in [1.29, 1.82) is 0 Å². The normalized spacial score (nSPS) is 35.5. The summed E-state index contributed by atoms with van der Waals surface area (Å²) < 4.78 is 0. The van der Waals surface area contributed by atoms with Gasteiger partial charge in [0.05, 0.1) is 22.4 Å². The van der Waals surface area contributed by atoms with E-state index in [-0.39, 0.29) is 41.2 Å². The van der Waals surface area contributed by atoms with Gasteiger partial charge in [0.1, 0.15) is 5.69 Å². The highest BCUT2D eigenvalue weighted by Gasteiger charge is 2.59. The quantitative estimate of drug-likeness (QED) is 0.339. The zero-order valence-corrected chi connectivity index (χ0v) is 16.7. The number of nitrogens with zero attached hydrogens (tertiary/aromatic N) is 3. The summed E-state index contributed by atoms with van der Waals surface area (Å²) >= 11 is 0. The predicted molar refractivity (Wildman–Crippen MR) is 108 cm³/mol. The highest BCUT2D eigenvalue weighted by Crippen LogP contribution is 2.53. The first kappa shape index (κ1) is 18.3. The lowest BCUT2D eigenvalue weighted by Gasteiger charge is -2.36. The molecule has 0 N–H and O–H groups in total. The monoisotopic (exact) mass is 395 g/mol. The van der Waals surface area contributed by atoms with Crippen LogP contribution in [0.4, 0.5) is 17.1 Å². The van der Waals surface area contributed by atoms with Crippen LogP contribution in [0.15, 0.2) is 30.4 Å². The number of rotatable bonds is 3. The lowest BCUT2D eigenvalue weighted by molar-refractivity contribution is -0.384. The second-order valence-electron chi connectivity index (χ2n) is 9.29. The molecule has 29 heavy (non-hydrogen) atoms. The molecular formula is C22H25N3O4. The van der Waals surface area contributed by atoms with E-state index in [1.807, 2.05) is 12.2 Å². The van der Waals surface area contributed by atoms with Gasteiger partial charge < -0.3 is 4.90 Å². The molecule has 2 bridgehead atoms. The Hall–Kier alpha value is -2.70. The average molecular weight is 395 g/mol. The van der Waals surface area contributed by atoms with Crippen molar-refractivity contribution >= 4 is 28.9 Å². The van der Waals surface area contributed by atoms with E-state index in [0.29, 0.717) is 23.2 Å². The molecule has 1 aromatic carbocycles. The smallest absolute Gasteiger partial charge is 0.294 e. The molecule has 4 aliphatic rings. The Bertz CT molecular complexity index is 902. The van der Waals surface area contributed by atoms with Crippen LogP contribution in [0.3, 0.4) is 0 Å². The highest BCUT2D eigenvalue weighted by atomic mass is 16.6. The van der Waals surface area contributed by atoms with Gasteiger partial charge in [-0.1, -0.05) is 26.0 Å². The zero-order valence-electron chi connectivity index (χ0n) is 16.7. The highest BCUT2D eigenvalue weighted by molar-refractivity contribution is 6.23. The Morgan fingerprint density at radius 3 is 2.10 bits per heavy atom. The first-order valence-electron chi connectivity index (χ1n) is 10.4. The van der Waals surface area contributed by atoms with E-state index in [1.54, 1.807) is 12.1 Å². The molecule has 6 atom stereocenters. The maximum atomic E-state index is 13.0. The number of nitro groups is 1. The number of imide groups is 1. The van der Waals surface area contributed by atoms with Gasteiger partial charge in [0.15, 0.2) is 0 Å². The second kappa shape index (κ2) is 6.40. The largest absolute Gasteiger partial charge is 0.365 e. The van der Waals surface area contributed by atoms with E-state index in [4.69, 9.17) is 0 Å². The van der Waals surface area contributed by atoms with Crippen LogP contribution >= 0.6 is 0 Å². The van der Waals surface area contributed by atoms with E-state index < -0.39 is 4.92 Å². The first-order chi connectivity index (χ1) is 13.8. The van der Waals surface area contributed by atoms with Crippen molar-refractivity contribution in [3.8, 4) is 0 Å². The number of piperidine rings is 1.